The maximum atomic E-state index is 14.2. The van der Waals surface area contributed by atoms with E-state index in [0.29, 0.717) is 59.9 Å². The van der Waals surface area contributed by atoms with E-state index in [1.807, 2.05) is 0 Å². The average molecular weight is 686 g/mol. The lowest BCUT2D eigenvalue weighted by molar-refractivity contribution is 0.0310. The number of sulfone groups is 1. The zero-order valence-electron chi connectivity index (χ0n) is 28.7. The van der Waals surface area contributed by atoms with Gasteiger partial charge in [0.05, 0.1) is 33.9 Å². The van der Waals surface area contributed by atoms with E-state index in [9.17, 15) is 18.1 Å². The van der Waals surface area contributed by atoms with Crippen LogP contribution < -0.4 is 4.74 Å². The van der Waals surface area contributed by atoms with E-state index in [4.69, 9.17) is 4.74 Å². The van der Waals surface area contributed by atoms with E-state index in [1.54, 1.807) is 55.6 Å². The number of piperidine rings is 2. The number of aliphatic hydroxyl groups is 1. The Kier molecular flexibility index (Phi) is 14.7. The molecule has 0 bridgehead atoms. The molecule has 1 N–H and O–H groups in total. The summed E-state index contributed by atoms with van der Waals surface area (Å²) in [6.07, 6.45) is 14.7. The van der Waals surface area contributed by atoms with Gasteiger partial charge in [-0.15, -0.1) is 0 Å². The Morgan fingerprint density at radius 1 is 1.00 bits per heavy atom. The topological polar surface area (TPSA) is 106 Å². The summed E-state index contributed by atoms with van der Waals surface area (Å²) in [7, 11) is -3.89. The monoisotopic (exact) mass is 685 g/mol. The molecule has 0 aliphatic carbocycles. The Morgan fingerprint density at radius 3 is 2.28 bits per heavy atom. The van der Waals surface area contributed by atoms with Crippen LogP contribution in [-0.4, -0.2) is 85.8 Å². The number of likely N-dealkylation sites (tertiary alicyclic amines) is 2. The summed E-state index contributed by atoms with van der Waals surface area (Å²) in [5.41, 5.74) is 1.74. The van der Waals surface area contributed by atoms with Gasteiger partial charge in [0.1, 0.15) is 12.0 Å². The molecular weight excluding hydrogens is 631 g/mol. The average Bonchev–Trinajstić information content (AvgIpc) is 3.08. The van der Waals surface area contributed by atoms with E-state index in [0.717, 1.165) is 45.1 Å². The predicted molar refractivity (Wildman–Crippen MR) is 194 cm³/mol. The fourth-order valence-corrected chi connectivity index (χ4v) is 8.70. The maximum Gasteiger partial charge on any atom is 0.204 e. The van der Waals surface area contributed by atoms with Crippen molar-refractivity contribution in [3.63, 3.8) is 0 Å². The van der Waals surface area contributed by atoms with E-state index >= 15 is 0 Å². The summed E-state index contributed by atoms with van der Waals surface area (Å²) in [5, 5.41) is 10.2. The molecule has 2 atom stereocenters. The van der Waals surface area contributed by atoms with Crippen LogP contribution in [0.1, 0.15) is 96.5 Å². The zero-order valence-corrected chi connectivity index (χ0v) is 30.3. The Labute approximate surface area is 286 Å². The third-order valence-corrected chi connectivity index (χ3v) is 12.4. The Balaban J connectivity index is 1.53. The number of hydrogen-bond acceptors (Lipinski definition) is 8. The molecule has 2 heterocycles. The first-order chi connectivity index (χ1) is 22.6. The molecule has 10 heteroatoms. The van der Waals surface area contributed by atoms with Gasteiger partial charge in [-0.25, -0.2) is 8.42 Å². The molecular formula is C37H55N3O5S2. The second-order valence-corrected chi connectivity index (χ2v) is 16.5. The molecule has 4 rings (SSSR count). The molecule has 0 amide bonds. The normalized spacial score (nSPS) is 19.3. The zero-order chi connectivity index (χ0) is 33.8. The Hall–Kier alpha value is -2.37. The lowest BCUT2D eigenvalue weighted by atomic mass is 9.97. The van der Waals surface area contributed by atoms with Crippen LogP contribution >= 0.6 is 0 Å². The number of ether oxygens (including phenoxy) is 1. The highest BCUT2D eigenvalue weighted by Crippen LogP contribution is 2.38. The van der Waals surface area contributed by atoms with Crippen LogP contribution in [0.2, 0.25) is 0 Å². The molecule has 47 heavy (non-hydrogen) atoms. The van der Waals surface area contributed by atoms with Gasteiger partial charge in [-0.2, -0.15) is 0 Å². The van der Waals surface area contributed by atoms with E-state index in [1.165, 1.54) is 38.5 Å². The molecule has 2 aromatic rings. The molecule has 0 spiro atoms. The molecule has 0 aromatic heterocycles. The largest absolute Gasteiger partial charge is 0.612 e. The molecule has 0 saturated carbocycles. The summed E-state index contributed by atoms with van der Waals surface area (Å²) in [5.74, 6) is 0.662. The minimum absolute atomic E-state index is 0.201. The number of β-amino-alcohol motifs (C(OH)–C–C–N with tert-alkyl or cyclic N) is 1. The van der Waals surface area contributed by atoms with Crippen LogP contribution in [0.4, 0.5) is 5.69 Å². The number of rotatable bonds is 17. The quantitative estimate of drug-likeness (QED) is 0.105. The van der Waals surface area contributed by atoms with Crippen molar-refractivity contribution in [2.75, 3.05) is 39.0 Å². The van der Waals surface area contributed by atoms with Gasteiger partial charge in [0.2, 0.25) is 9.84 Å². The molecule has 260 valence electrons. The van der Waals surface area contributed by atoms with Crippen LogP contribution in [0, 0.1) is 0 Å². The van der Waals surface area contributed by atoms with Gasteiger partial charge in [-0.1, -0.05) is 51.9 Å². The van der Waals surface area contributed by atoms with Gasteiger partial charge in [0.25, 0.3) is 0 Å². The summed E-state index contributed by atoms with van der Waals surface area (Å²) in [6, 6.07) is 12.4. The number of aliphatic imine (C=N–C) groups is 1. The molecule has 2 aromatic carbocycles. The van der Waals surface area contributed by atoms with Crippen LogP contribution in [0.3, 0.4) is 0 Å². The summed E-state index contributed by atoms with van der Waals surface area (Å²) in [6.45, 7) is 11.2. The lowest BCUT2D eigenvalue weighted by Gasteiger charge is -2.43. The molecule has 2 unspecified atom stereocenters. The Morgan fingerprint density at radius 2 is 1.66 bits per heavy atom. The third-order valence-electron chi connectivity index (χ3n) is 9.59. The van der Waals surface area contributed by atoms with E-state index in [-0.39, 0.29) is 15.9 Å². The van der Waals surface area contributed by atoms with Crippen molar-refractivity contribution in [3.05, 3.63) is 52.9 Å². The fourth-order valence-electron chi connectivity index (χ4n) is 6.82. The smallest absolute Gasteiger partial charge is 0.204 e. The number of aliphatic hydroxyl groups excluding tert-OH is 1. The molecule has 2 aliphatic rings. The summed E-state index contributed by atoms with van der Waals surface area (Å²) >= 11 is -1.26. The summed E-state index contributed by atoms with van der Waals surface area (Å²) < 4.78 is 46.9. The van der Waals surface area contributed by atoms with E-state index in [2.05, 4.69) is 28.4 Å². The minimum Gasteiger partial charge on any atom is -0.612 e. The van der Waals surface area contributed by atoms with Gasteiger partial charge >= 0.3 is 0 Å². The van der Waals surface area contributed by atoms with E-state index < -0.39 is 21.0 Å². The second-order valence-electron chi connectivity index (χ2n) is 13.0. The van der Waals surface area contributed by atoms with Crippen molar-refractivity contribution < 1.29 is 22.8 Å². The lowest BCUT2D eigenvalue weighted by Crippen LogP contribution is -2.49. The van der Waals surface area contributed by atoms with Crippen molar-refractivity contribution in [2.45, 2.75) is 113 Å². The highest BCUT2D eigenvalue weighted by molar-refractivity contribution is 7.95. The number of unbranched alkanes of at least 4 members (excludes halogenated alkanes) is 7. The number of nitrogens with zero attached hydrogens (tertiary/aromatic N) is 3. The molecule has 2 fully saturated rings. The van der Waals surface area contributed by atoms with Gasteiger partial charge < -0.3 is 19.3 Å². The van der Waals surface area contributed by atoms with Crippen molar-refractivity contribution in [2.24, 2.45) is 4.99 Å². The van der Waals surface area contributed by atoms with Crippen LogP contribution in [-0.2, 0) is 21.0 Å². The van der Waals surface area contributed by atoms with Gasteiger partial charge in [-0.05, 0) is 99.9 Å². The molecule has 2 saturated heterocycles. The van der Waals surface area contributed by atoms with Crippen molar-refractivity contribution in [3.8, 4) is 5.75 Å². The number of hydrogen-bond donors (Lipinski definition) is 1. The summed E-state index contributed by atoms with van der Waals surface area (Å²) in [4.78, 5) is 9.78. The van der Waals surface area contributed by atoms with Crippen LogP contribution in [0.25, 0.3) is 5.70 Å². The van der Waals surface area contributed by atoms with Crippen molar-refractivity contribution in [1.82, 2.24) is 9.80 Å². The highest BCUT2D eigenvalue weighted by Gasteiger charge is 2.33. The first-order valence-electron chi connectivity index (χ1n) is 17.5. The van der Waals surface area contributed by atoms with Gasteiger partial charge in [-0.3, -0.25) is 9.89 Å². The number of allylic oxidation sites excluding steroid dienone is 1. The maximum absolute atomic E-state index is 14.2. The van der Waals surface area contributed by atoms with Gasteiger partial charge in [0.15, 0.2) is 4.90 Å². The molecule has 0 radical (unpaired) electrons. The predicted octanol–water partition coefficient (Wildman–Crippen LogP) is 7.36. The second kappa shape index (κ2) is 18.4. The highest BCUT2D eigenvalue weighted by atomic mass is 32.2. The van der Waals surface area contributed by atoms with Crippen molar-refractivity contribution >= 4 is 39.1 Å². The third kappa shape index (κ3) is 10.3. The molecule has 2 aliphatic heterocycles. The SMILES string of the molecule is C=Nc1ccc([S+](C)[O-])cc1/C(=C(\C)S(=O)(=O)c1ccc(OCCCCCCCCCC)cc1)N1CCC(N2CCCC(O)C2)CC1. The fraction of sp³-hybridized carbons (Fsp3) is 0.595. The first kappa shape index (κ1) is 37.4. The molecule has 8 nitrogen and oxygen atoms in total. The van der Waals surface area contributed by atoms with Crippen LogP contribution in [0.15, 0.2) is 62.2 Å². The van der Waals surface area contributed by atoms with Gasteiger partial charge in [0, 0.05) is 37.3 Å². The standard InChI is InChI=1S/C37H55N3O5S2/c1-5-6-7-8-9-10-11-12-26-45-32-15-18-34(19-16-32)47(43,44)29(2)37(35-27-33(46(4)42)17-20-36(35)38-3)39-24-21-30(22-25-39)40-23-13-14-31(41)28-40/h15-20,27,30-31,41H,3,5-14,21-26,28H2,1-2,4H3/b37-29-. The van der Waals surface area contributed by atoms with Crippen LogP contribution in [0.5, 0.6) is 5.75 Å². The number of benzene rings is 2. The first-order valence-corrected chi connectivity index (χ1v) is 20.5. The minimum atomic E-state index is -3.89. The van der Waals surface area contributed by atoms with Crippen molar-refractivity contribution in [1.29, 1.82) is 0 Å². The Bertz CT molecular complexity index is 1420.